The highest BCUT2D eigenvalue weighted by Crippen LogP contribution is 2.46. The summed E-state index contributed by atoms with van der Waals surface area (Å²) >= 11 is 0. The molecule has 0 aromatic heterocycles. The van der Waals surface area contributed by atoms with Crippen molar-refractivity contribution in [2.45, 2.75) is 25.2 Å². The maximum Gasteiger partial charge on any atom is 0.200 e. The normalized spacial score (nSPS) is 26.5. The molecule has 0 N–H and O–H groups in total. The molecule has 2 aromatic carbocycles. The summed E-state index contributed by atoms with van der Waals surface area (Å²) in [6.07, 6.45) is 2.30. The highest BCUT2D eigenvalue weighted by molar-refractivity contribution is 5.88. The lowest BCUT2D eigenvalue weighted by Gasteiger charge is -2.25. The van der Waals surface area contributed by atoms with Crippen LogP contribution in [0.4, 0.5) is 0 Å². The second kappa shape index (κ2) is 2.98. The van der Waals surface area contributed by atoms with E-state index in [1.807, 2.05) is 0 Å². The highest BCUT2D eigenvalue weighted by Gasteiger charge is 2.36. The predicted molar refractivity (Wildman–Crippen MR) is 61.4 cm³/mol. The molecule has 80 valence electrons. The second-order valence-electron chi connectivity index (χ2n) is 4.45. The van der Waals surface area contributed by atoms with Gasteiger partial charge in [-0.25, -0.2) is 0 Å². The van der Waals surface area contributed by atoms with Gasteiger partial charge < -0.3 is 9.47 Å². The summed E-state index contributed by atoms with van der Waals surface area (Å²) in [5.41, 5.74) is 1.24. The Balaban J connectivity index is 2.06. The molecule has 2 heteroatoms. The van der Waals surface area contributed by atoms with E-state index in [0.717, 1.165) is 18.6 Å². The second-order valence-corrected chi connectivity index (χ2v) is 4.45. The molecule has 2 bridgehead atoms. The average Bonchev–Trinajstić information content (AvgIpc) is 2.71. The van der Waals surface area contributed by atoms with Crippen LogP contribution < -0.4 is 4.74 Å². The average molecular weight is 212 g/mol. The molecule has 0 saturated carbocycles. The number of rotatable bonds is 0. The monoisotopic (exact) mass is 212 g/mol. The third-order valence-electron chi connectivity index (χ3n) is 3.49. The van der Waals surface area contributed by atoms with Crippen molar-refractivity contribution >= 4 is 10.8 Å². The molecule has 0 amide bonds. The van der Waals surface area contributed by atoms with Gasteiger partial charge in [-0.05, 0) is 23.3 Å². The van der Waals surface area contributed by atoms with Crippen molar-refractivity contribution in [3.63, 3.8) is 0 Å². The molecule has 0 spiro atoms. The fraction of sp³-hybridized carbons (Fsp3) is 0.286. The van der Waals surface area contributed by atoms with Gasteiger partial charge in [-0.2, -0.15) is 0 Å². The lowest BCUT2D eigenvalue weighted by molar-refractivity contribution is -0.0925. The molecule has 1 saturated heterocycles. The smallest absolute Gasteiger partial charge is 0.200 e. The molecular weight excluding hydrogens is 200 g/mol. The zero-order valence-corrected chi connectivity index (χ0v) is 8.85. The van der Waals surface area contributed by atoms with Gasteiger partial charge in [0.1, 0.15) is 5.75 Å². The van der Waals surface area contributed by atoms with Crippen LogP contribution in [0.3, 0.4) is 0 Å². The van der Waals surface area contributed by atoms with E-state index in [4.69, 9.17) is 9.47 Å². The topological polar surface area (TPSA) is 18.5 Å². The molecule has 0 unspecified atom stereocenters. The molecule has 2 atom stereocenters. The van der Waals surface area contributed by atoms with Gasteiger partial charge in [0.15, 0.2) is 0 Å². The van der Waals surface area contributed by atoms with Crippen LogP contribution >= 0.6 is 0 Å². The zero-order valence-electron chi connectivity index (χ0n) is 8.85. The lowest BCUT2D eigenvalue weighted by atomic mass is 9.98. The number of hydrogen-bond acceptors (Lipinski definition) is 2. The van der Waals surface area contributed by atoms with Crippen molar-refractivity contribution in [1.82, 2.24) is 0 Å². The lowest BCUT2D eigenvalue weighted by Crippen LogP contribution is -2.20. The number of fused-ring (bicyclic) bond motifs is 6. The van der Waals surface area contributed by atoms with Crippen LogP contribution in [0, 0.1) is 0 Å². The molecular formula is C14H12O2. The van der Waals surface area contributed by atoms with E-state index < -0.39 is 0 Å². The standard InChI is InChI=1S/C14H12O2/c1-2-4-10-9(3-1)5-6-11-14(10)12-7-8-13(15-11)16-12/h1-6,12-13H,7-8H2/t12-,13+/m1/s1. The van der Waals surface area contributed by atoms with Crippen LogP contribution in [-0.4, -0.2) is 6.29 Å². The van der Waals surface area contributed by atoms with Gasteiger partial charge in [-0.1, -0.05) is 30.3 Å². The SMILES string of the molecule is c1ccc2c3c(ccc2c1)O[C@@H]1CC[C@H]3O1. The van der Waals surface area contributed by atoms with Crippen LogP contribution in [0.2, 0.25) is 0 Å². The van der Waals surface area contributed by atoms with Crippen LogP contribution in [0.15, 0.2) is 36.4 Å². The third-order valence-corrected chi connectivity index (χ3v) is 3.49. The fourth-order valence-electron chi connectivity index (χ4n) is 2.76. The van der Waals surface area contributed by atoms with E-state index >= 15 is 0 Å². The summed E-state index contributed by atoms with van der Waals surface area (Å²) in [5, 5.41) is 2.53. The van der Waals surface area contributed by atoms with E-state index in [0.29, 0.717) is 0 Å². The molecule has 2 aliphatic rings. The first kappa shape index (κ1) is 8.59. The van der Waals surface area contributed by atoms with Crippen LogP contribution in [-0.2, 0) is 4.74 Å². The molecule has 2 aromatic rings. The predicted octanol–water partition coefficient (Wildman–Crippen LogP) is 3.41. The minimum absolute atomic E-state index is 0.0151. The van der Waals surface area contributed by atoms with Crippen molar-refractivity contribution in [3.8, 4) is 5.75 Å². The maximum atomic E-state index is 5.81. The minimum Gasteiger partial charge on any atom is -0.465 e. The van der Waals surface area contributed by atoms with Gasteiger partial charge in [-0.3, -0.25) is 0 Å². The van der Waals surface area contributed by atoms with E-state index in [-0.39, 0.29) is 12.4 Å². The van der Waals surface area contributed by atoms with E-state index in [1.165, 1.54) is 16.3 Å². The van der Waals surface area contributed by atoms with Crippen molar-refractivity contribution < 1.29 is 9.47 Å². The first-order chi connectivity index (χ1) is 7.92. The Labute approximate surface area is 93.8 Å². The molecule has 2 nitrogen and oxygen atoms in total. The van der Waals surface area contributed by atoms with Crippen molar-refractivity contribution in [1.29, 1.82) is 0 Å². The Morgan fingerprint density at radius 1 is 1.00 bits per heavy atom. The van der Waals surface area contributed by atoms with Crippen LogP contribution in [0.1, 0.15) is 24.5 Å². The maximum absolute atomic E-state index is 5.81. The molecule has 2 heterocycles. The number of benzene rings is 2. The van der Waals surface area contributed by atoms with Gasteiger partial charge in [0.05, 0.1) is 6.10 Å². The summed E-state index contributed by atoms with van der Waals surface area (Å²) in [6, 6.07) is 12.6. The molecule has 4 rings (SSSR count). The molecule has 1 fully saturated rings. The third kappa shape index (κ3) is 1.05. The Kier molecular flexibility index (Phi) is 1.60. The van der Waals surface area contributed by atoms with E-state index in [2.05, 4.69) is 36.4 Å². The van der Waals surface area contributed by atoms with Crippen molar-refractivity contribution in [2.24, 2.45) is 0 Å². The molecule has 0 aliphatic carbocycles. The largest absolute Gasteiger partial charge is 0.465 e. The summed E-state index contributed by atoms with van der Waals surface area (Å²) in [5.74, 6) is 1.01. The van der Waals surface area contributed by atoms with E-state index in [9.17, 15) is 0 Å². The Bertz CT molecular complexity index is 562. The van der Waals surface area contributed by atoms with Crippen molar-refractivity contribution in [2.75, 3.05) is 0 Å². The number of ether oxygens (including phenoxy) is 2. The van der Waals surface area contributed by atoms with E-state index in [1.54, 1.807) is 0 Å². The van der Waals surface area contributed by atoms with Gasteiger partial charge in [0.2, 0.25) is 6.29 Å². The summed E-state index contributed by atoms with van der Waals surface area (Å²) < 4.78 is 11.6. The summed E-state index contributed by atoms with van der Waals surface area (Å²) in [4.78, 5) is 0. The highest BCUT2D eigenvalue weighted by atomic mass is 16.7. The van der Waals surface area contributed by atoms with Crippen LogP contribution in [0.5, 0.6) is 5.75 Å². The molecule has 0 radical (unpaired) electrons. The minimum atomic E-state index is -0.0151. The Morgan fingerprint density at radius 3 is 2.94 bits per heavy atom. The Morgan fingerprint density at radius 2 is 1.94 bits per heavy atom. The zero-order chi connectivity index (χ0) is 10.5. The number of hydrogen-bond donors (Lipinski definition) is 0. The first-order valence-corrected chi connectivity index (χ1v) is 5.75. The van der Waals surface area contributed by atoms with Gasteiger partial charge in [-0.15, -0.1) is 0 Å². The van der Waals surface area contributed by atoms with Gasteiger partial charge in [0.25, 0.3) is 0 Å². The quantitative estimate of drug-likeness (QED) is 0.666. The summed E-state index contributed by atoms with van der Waals surface area (Å²) in [6.45, 7) is 0. The summed E-state index contributed by atoms with van der Waals surface area (Å²) in [7, 11) is 0. The van der Waals surface area contributed by atoms with Gasteiger partial charge >= 0.3 is 0 Å². The van der Waals surface area contributed by atoms with Crippen LogP contribution in [0.25, 0.3) is 10.8 Å². The fourth-order valence-corrected chi connectivity index (χ4v) is 2.76. The van der Waals surface area contributed by atoms with Gasteiger partial charge in [0, 0.05) is 12.0 Å². The molecule has 2 aliphatic heterocycles. The molecule has 16 heavy (non-hydrogen) atoms. The Hall–Kier alpha value is -1.54. The first-order valence-electron chi connectivity index (χ1n) is 5.75. The van der Waals surface area contributed by atoms with Crippen molar-refractivity contribution in [3.05, 3.63) is 42.0 Å².